The van der Waals surface area contributed by atoms with Gasteiger partial charge in [-0.3, -0.25) is 4.40 Å². The zero-order valence-electron chi connectivity index (χ0n) is 5.36. The number of nitrogen functional groups attached to an aromatic ring is 1. The molecule has 50 valence electrons. The lowest BCUT2D eigenvalue weighted by Crippen LogP contribution is -1.92. The largest absolute Gasteiger partial charge is 0.369 e. The van der Waals surface area contributed by atoms with E-state index in [1.165, 1.54) is 0 Å². The molecular formula is C7H7N3. The van der Waals surface area contributed by atoms with E-state index in [-0.39, 0.29) is 0 Å². The van der Waals surface area contributed by atoms with Gasteiger partial charge >= 0.3 is 0 Å². The van der Waals surface area contributed by atoms with Crippen molar-refractivity contribution in [3.63, 3.8) is 0 Å². The van der Waals surface area contributed by atoms with Crippen molar-refractivity contribution in [2.24, 2.45) is 0 Å². The topological polar surface area (TPSA) is 43.3 Å². The van der Waals surface area contributed by atoms with Crippen LogP contribution in [-0.4, -0.2) is 9.38 Å². The lowest BCUT2D eigenvalue weighted by atomic mass is 10.4. The van der Waals surface area contributed by atoms with Gasteiger partial charge in [-0.25, -0.2) is 4.98 Å². The van der Waals surface area contributed by atoms with E-state index in [2.05, 4.69) is 4.98 Å². The van der Waals surface area contributed by atoms with E-state index in [4.69, 9.17) is 5.73 Å². The molecule has 2 rings (SSSR count). The number of rotatable bonds is 0. The summed E-state index contributed by atoms with van der Waals surface area (Å²) in [5.74, 6) is 0.538. The maximum absolute atomic E-state index is 5.53. The van der Waals surface area contributed by atoms with Gasteiger partial charge in [0.15, 0.2) is 0 Å². The van der Waals surface area contributed by atoms with Crippen molar-refractivity contribution in [1.82, 2.24) is 9.38 Å². The Kier molecular flexibility index (Phi) is 0.917. The number of hydrogen-bond acceptors (Lipinski definition) is 2. The molecule has 3 heteroatoms. The molecule has 0 unspecified atom stereocenters. The monoisotopic (exact) mass is 133 g/mol. The van der Waals surface area contributed by atoms with Crippen molar-refractivity contribution >= 4 is 11.5 Å². The SMILES string of the molecule is Nc1ncc2ccccn12. The van der Waals surface area contributed by atoms with Gasteiger partial charge in [-0.15, -0.1) is 0 Å². The second kappa shape index (κ2) is 1.73. The van der Waals surface area contributed by atoms with Crippen LogP contribution < -0.4 is 5.73 Å². The number of anilines is 1. The van der Waals surface area contributed by atoms with Crippen LogP contribution in [0.15, 0.2) is 30.6 Å². The minimum atomic E-state index is 0.538. The first-order chi connectivity index (χ1) is 4.88. The van der Waals surface area contributed by atoms with Gasteiger partial charge in [-0.1, -0.05) is 6.07 Å². The van der Waals surface area contributed by atoms with Crippen molar-refractivity contribution < 1.29 is 0 Å². The Balaban J connectivity index is 2.93. The summed E-state index contributed by atoms with van der Waals surface area (Å²) in [5, 5.41) is 0. The number of nitrogens with two attached hydrogens (primary N) is 1. The van der Waals surface area contributed by atoms with Crippen LogP contribution in [0, 0.1) is 0 Å². The predicted molar refractivity (Wildman–Crippen MR) is 39.6 cm³/mol. The molecule has 0 radical (unpaired) electrons. The molecule has 0 saturated heterocycles. The Bertz CT molecular complexity index is 350. The summed E-state index contributed by atoms with van der Waals surface area (Å²) in [6.45, 7) is 0. The third kappa shape index (κ3) is 0.572. The molecule has 0 fully saturated rings. The van der Waals surface area contributed by atoms with Crippen LogP contribution in [0.25, 0.3) is 5.52 Å². The Morgan fingerprint density at radius 2 is 2.30 bits per heavy atom. The van der Waals surface area contributed by atoms with Crippen molar-refractivity contribution in [2.75, 3.05) is 5.73 Å². The number of pyridine rings is 1. The van der Waals surface area contributed by atoms with Crippen LogP contribution >= 0.6 is 0 Å². The highest BCUT2D eigenvalue weighted by Gasteiger charge is 1.93. The zero-order chi connectivity index (χ0) is 6.97. The van der Waals surface area contributed by atoms with Gasteiger partial charge in [0.05, 0.1) is 11.7 Å². The van der Waals surface area contributed by atoms with E-state index >= 15 is 0 Å². The van der Waals surface area contributed by atoms with E-state index in [0.29, 0.717) is 5.95 Å². The first-order valence-corrected chi connectivity index (χ1v) is 3.05. The summed E-state index contributed by atoms with van der Waals surface area (Å²) >= 11 is 0. The van der Waals surface area contributed by atoms with Crippen molar-refractivity contribution in [1.29, 1.82) is 0 Å². The summed E-state index contributed by atoms with van der Waals surface area (Å²) in [6.07, 6.45) is 3.63. The lowest BCUT2D eigenvalue weighted by molar-refractivity contribution is 1.17. The Labute approximate surface area is 58.1 Å². The molecule has 10 heavy (non-hydrogen) atoms. The number of hydrogen-bond donors (Lipinski definition) is 1. The zero-order valence-corrected chi connectivity index (χ0v) is 5.36. The molecular weight excluding hydrogens is 126 g/mol. The van der Waals surface area contributed by atoms with Crippen molar-refractivity contribution in [3.05, 3.63) is 30.6 Å². The van der Waals surface area contributed by atoms with Gasteiger partial charge in [-0.2, -0.15) is 0 Å². The van der Waals surface area contributed by atoms with Crippen LogP contribution in [0.4, 0.5) is 5.95 Å². The van der Waals surface area contributed by atoms with Gasteiger partial charge in [0.25, 0.3) is 0 Å². The summed E-state index contributed by atoms with van der Waals surface area (Å²) in [7, 11) is 0. The van der Waals surface area contributed by atoms with Gasteiger partial charge in [0, 0.05) is 6.20 Å². The van der Waals surface area contributed by atoms with E-state index in [1.54, 1.807) is 6.20 Å². The fourth-order valence-electron chi connectivity index (χ4n) is 0.965. The highest BCUT2D eigenvalue weighted by atomic mass is 15.1. The molecule has 2 N–H and O–H groups in total. The number of imidazole rings is 1. The Morgan fingerprint density at radius 1 is 1.40 bits per heavy atom. The van der Waals surface area contributed by atoms with Crippen LogP contribution in [0.2, 0.25) is 0 Å². The maximum atomic E-state index is 5.53. The molecule has 3 nitrogen and oxygen atoms in total. The first kappa shape index (κ1) is 5.29. The molecule has 0 aliphatic carbocycles. The number of aromatic nitrogens is 2. The summed E-state index contributed by atoms with van der Waals surface area (Å²) in [6, 6.07) is 5.84. The van der Waals surface area contributed by atoms with Gasteiger partial charge in [0.1, 0.15) is 0 Å². The van der Waals surface area contributed by atoms with Gasteiger partial charge in [-0.05, 0) is 12.1 Å². The van der Waals surface area contributed by atoms with Crippen LogP contribution in [0.5, 0.6) is 0 Å². The highest BCUT2D eigenvalue weighted by molar-refractivity contribution is 5.49. The molecule has 2 aromatic rings. The molecule has 0 amide bonds. The third-order valence-corrected chi connectivity index (χ3v) is 1.47. The molecule has 0 spiro atoms. The first-order valence-electron chi connectivity index (χ1n) is 3.05. The maximum Gasteiger partial charge on any atom is 0.204 e. The summed E-state index contributed by atoms with van der Waals surface area (Å²) in [5.41, 5.74) is 6.56. The van der Waals surface area contributed by atoms with Gasteiger partial charge in [0.2, 0.25) is 5.95 Å². The minimum absolute atomic E-state index is 0.538. The Hall–Kier alpha value is -1.51. The molecule has 0 atom stereocenters. The second-order valence-electron chi connectivity index (χ2n) is 2.11. The molecule has 0 aliphatic heterocycles. The molecule has 0 aliphatic rings. The summed E-state index contributed by atoms with van der Waals surface area (Å²) in [4.78, 5) is 3.94. The lowest BCUT2D eigenvalue weighted by Gasteiger charge is -1.91. The third-order valence-electron chi connectivity index (χ3n) is 1.47. The van der Waals surface area contributed by atoms with Crippen molar-refractivity contribution in [2.45, 2.75) is 0 Å². The van der Waals surface area contributed by atoms with Crippen LogP contribution in [0.3, 0.4) is 0 Å². The van der Waals surface area contributed by atoms with Crippen LogP contribution in [0.1, 0.15) is 0 Å². The number of fused-ring (bicyclic) bond motifs is 1. The van der Waals surface area contributed by atoms with E-state index < -0.39 is 0 Å². The van der Waals surface area contributed by atoms with Crippen LogP contribution in [-0.2, 0) is 0 Å². The fourth-order valence-corrected chi connectivity index (χ4v) is 0.965. The van der Waals surface area contributed by atoms with E-state index in [9.17, 15) is 0 Å². The molecule has 0 aromatic carbocycles. The highest BCUT2D eigenvalue weighted by Crippen LogP contribution is 2.05. The predicted octanol–water partition coefficient (Wildman–Crippen LogP) is 0.916. The quantitative estimate of drug-likeness (QED) is 0.580. The Morgan fingerprint density at radius 3 is 3.10 bits per heavy atom. The molecule has 0 bridgehead atoms. The van der Waals surface area contributed by atoms with E-state index in [0.717, 1.165) is 5.52 Å². The standard InChI is InChI=1S/C7H7N3/c8-7-9-5-6-3-1-2-4-10(6)7/h1-5H,(H2,8,9). The average molecular weight is 133 g/mol. The molecule has 2 aromatic heterocycles. The molecule has 2 heterocycles. The molecule has 0 saturated carbocycles. The van der Waals surface area contributed by atoms with Crippen molar-refractivity contribution in [3.8, 4) is 0 Å². The van der Waals surface area contributed by atoms with E-state index in [1.807, 2.05) is 28.8 Å². The number of nitrogens with zero attached hydrogens (tertiary/aromatic N) is 2. The normalized spacial score (nSPS) is 10.4. The summed E-state index contributed by atoms with van der Waals surface area (Å²) < 4.78 is 1.83. The average Bonchev–Trinajstić information content (AvgIpc) is 2.34. The van der Waals surface area contributed by atoms with Gasteiger partial charge < -0.3 is 5.73 Å². The fraction of sp³-hybridized carbons (Fsp3) is 0. The second-order valence-corrected chi connectivity index (χ2v) is 2.11. The minimum Gasteiger partial charge on any atom is -0.369 e. The smallest absolute Gasteiger partial charge is 0.204 e.